The molecule has 0 saturated carbocycles. The summed E-state index contributed by atoms with van der Waals surface area (Å²) in [7, 11) is 1.58. The molecule has 0 spiro atoms. The summed E-state index contributed by atoms with van der Waals surface area (Å²) >= 11 is 6.40. The zero-order valence-electron chi connectivity index (χ0n) is 15.0. The molecule has 2 aromatic rings. The second-order valence-electron chi connectivity index (χ2n) is 5.49. The molecule has 2 rings (SSSR count). The molecule has 0 atom stereocenters. The molecule has 0 saturated heterocycles. The number of carbonyl (C=O) groups is 1. The first kappa shape index (κ1) is 21.1. The Morgan fingerprint density at radius 1 is 1.19 bits per heavy atom. The van der Waals surface area contributed by atoms with Crippen LogP contribution >= 0.6 is 31.9 Å². The molecular weight excluding hydrogens is 482 g/mol. The number of ether oxygens (including phenoxy) is 2. The topological polar surface area (TPSA) is 88.0 Å². The highest BCUT2D eigenvalue weighted by atomic mass is 79.9. The van der Waals surface area contributed by atoms with E-state index < -0.39 is 5.97 Å². The lowest BCUT2D eigenvalue weighted by molar-refractivity contribution is -0.136. The molecule has 2 aromatic carbocycles. The number of hydrogen-bond acceptors (Lipinski definition) is 6. The van der Waals surface area contributed by atoms with Gasteiger partial charge in [-0.25, -0.2) is 4.79 Å². The lowest BCUT2D eigenvalue weighted by atomic mass is 10.0. The van der Waals surface area contributed by atoms with Crippen molar-refractivity contribution in [1.29, 1.82) is 0 Å². The minimum Gasteiger partial charge on any atom is -0.507 e. The molecule has 0 fully saturated rings. The molecule has 3 N–H and O–H groups in total. The molecule has 27 heavy (non-hydrogen) atoms. The van der Waals surface area contributed by atoms with Crippen molar-refractivity contribution in [2.75, 3.05) is 19.0 Å². The van der Waals surface area contributed by atoms with Crippen molar-refractivity contribution in [3.8, 4) is 17.2 Å². The van der Waals surface area contributed by atoms with Crippen LogP contribution in [0, 0.1) is 0 Å². The smallest absolute Gasteiger partial charge is 0.340 e. The Morgan fingerprint density at radius 3 is 2.37 bits per heavy atom. The molecule has 144 valence electrons. The Hall–Kier alpha value is -2.19. The third-order valence-corrected chi connectivity index (χ3v) is 5.08. The van der Waals surface area contributed by atoms with Gasteiger partial charge < -0.3 is 25.0 Å². The summed E-state index contributed by atoms with van der Waals surface area (Å²) in [5.41, 5.74) is 1.39. The monoisotopic (exact) mass is 499 g/mol. The Kier molecular flexibility index (Phi) is 7.15. The van der Waals surface area contributed by atoms with Gasteiger partial charge in [-0.1, -0.05) is 0 Å². The number of halogens is 2. The Balaban J connectivity index is 2.58. The van der Waals surface area contributed by atoms with E-state index in [2.05, 4.69) is 37.2 Å². The first-order valence-electron chi connectivity index (χ1n) is 7.99. The maximum atomic E-state index is 12.6. The maximum absolute atomic E-state index is 12.6. The quantitative estimate of drug-likeness (QED) is 0.292. The molecular formula is C19H19Br2NO5. The first-order valence-corrected chi connectivity index (χ1v) is 9.58. The fraction of sp³-hybridized carbons (Fsp3) is 0.211. The number of esters is 1. The number of allylic oxidation sites excluding steroid dienone is 1. The molecule has 6 nitrogen and oxygen atoms in total. The third kappa shape index (κ3) is 4.75. The molecule has 0 bridgehead atoms. The van der Waals surface area contributed by atoms with Gasteiger partial charge in [-0.05, 0) is 76.0 Å². The van der Waals surface area contributed by atoms with Gasteiger partial charge in [0.05, 0.1) is 33.8 Å². The molecule has 8 heteroatoms. The second-order valence-corrected chi connectivity index (χ2v) is 7.14. The van der Waals surface area contributed by atoms with E-state index in [0.717, 1.165) is 0 Å². The maximum Gasteiger partial charge on any atom is 0.340 e. The van der Waals surface area contributed by atoms with Gasteiger partial charge in [0, 0.05) is 11.4 Å². The molecule has 0 radical (unpaired) electrons. The van der Waals surface area contributed by atoms with Crippen molar-refractivity contribution in [3.05, 3.63) is 50.5 Å². The highest BCUT2D eigenvalue weighted by molar-refractivity contribution is 9.11. The van der Waals surface area contributed by atoms with Gasteiger partial charge in [-0.15, -0.1) is 0 Å². The van der Waals surface area contributed by atoms with Crippen molar-refractivity contribution in [3.63, 3.8) is 0 Å². The van der Waals surface area contributed by atoms with Gasteiger partial charge >= 0.3 is 5.97 Å². The van der Waals surface area contributed by atoms with Gasteiger partial charge in [0.2, 0.25) is 0 Å². The van der Waals surface area contributed by atoms with E-state index in [1.54, 1.807) is 45.2 Å². The van der Waals surface area contributed by atoms with Crippen molar-refractivity contribution in [2.45, 2.75) is 13.8 Å². The zero-order chi connectivity index (χ0) is 20.1. The number of aromatic hydroxyl groups is 2. The largest absolute Gasteiger partial charge is 0.507 e. The Morgan fingerprint density at radius 2 is 1.81 bits per heavy atom. The van der Waals surface area contributed by atoms with Gasteiger partial charge in [0.15, 0.2) is 0 Å². The summed E-state index contributed by atoms with van der Waals surface area (Å²) in [6.07, 6.45) is 0. The van der Waals surface area contributed by atoms with Crippen molar-refractivity contribution in [1.82, 2.24) is 0 Å². The molecule has 0 aliphatic heterocycles. The number of anilines is 1. The van der Waals surface area contributed by atoms with Gasteiger partial charge in [-0.3, -0.25) is 0 Å². The number of benzene rings is 2. The standard InChI is InChI=1S/C19H19Br2NO5/c1-4-27-19(25)15(16-14(23)9-13(20)18(24)17(16)21)10(2)22-11-5-7-12(26-3)8-6-11/h5-9,22-24H,4H2,1-3H3/b15-10-. The van der Waals surface area contributed by atoms with Crippen LogP contribution in [0.2, 0.25) is 0 Å². The molecule has 0 aromatic heterocycles. The van der Waals surface area contributed by atoms with Gasteiger partial charge in [0.25, 0.3) is 0 Å². The molecule has 0 aliphatic rings. The predicted molar refractivity (Wildman–Crippen MR) is 111 cm³/mol. The summed E-state index contributed by atoms with van der Waals surface area (Å²) in [5.74, 6) is -0.257. The highest BCUT2D eigenvalue weighted by Crippen LogP contribution is 2.44. The minimum absolute atomic E-state index is 0.0971. The average molecular weight is 501 g/mol. The van der Waals surface area contributed by atoms with Crippen LogP contribution < -0.4 is 10.1 Å². The fourth-order valence-electron chi connectivity index (χ4n) is 2.43. The lowest BCUT2D eigenvalue weighted by Crippen LogP contribution is -2.13. The third-order valence-electron chi connectivity index (χ3n) is 3.70. The number of rotatable bonds is 6. The summed E-state index contributed by atoms with van der Waals surface area (Å²) < 4.78 is 10.7. The van der Waals surface area contributed by atoms with E-state index in [4.69, 9.17) is 9.47 Å². The normalized spacial score (nSPS) is 11.6. The first-order chi connectivity index (χ1) is 12.8. The number of nitrogens with one attached hydrogen (secondary N) is 1. The van der Waals surface area contributed by atoms with Crippen LogP contribution in [0.25, 0.3) is 5.57 Å². The van der Waals surface area contributed by atoms with Crippen LogP contribution in [-0.4, -0.2) is 29.9 Å². The fourth-order valence-corrected chi connectivity index (χ4v) is 3.73. The van der Waals surface area contributed by atoms with Crippen LogP contribution in [0.3, 0.4) is 0 Å². The number of phenols is 2. The molecule has 0 unspecified atom stereocenters. The molecule has 0 heterocycles. The predicted octanol–water partition coefficient (Wildman–Crippen LogP) is 5.04. The second kappa shape index (κ2) is 9.14. The number of methoxy groups -OCH3 is 1. The highest BCUT2D eigenvalue weighted by Gasteiger charge is 2.26. The van der Waals surface area contributed by atoms with Crippen molar-refractivity contribution >= 4 is 49.1 Å². The summed E-state index contributed by atoms with van der Waals surface area (Å²) in [6.45, 7) is 3.54. The van der Waals surface area contributed by atoms with E-state index >= 15 is 0 Å². The average Bonchev–Trinajstić information content (AvgIpc) is 2.64. The SMILES string of the molecule is CCOC(=O)/C(=C(/C)Nc1ccc(OC)cc1)c1c(O)cc(Br)c(O)c1Br. The number of hydrogen-bond donors (Lipinski definition) is 3. The van der Waals surface area contributed by atoms with Crippen LogP contribution in [0.1, 0.15) is 19.4 Å². The van der Waals surface area contributed by atoms with E-state index in [0.29, 0.717) is 21.6 Å². The number of carbonyl (C=O) groups excluding carboxylic acids is 1. The van der Waals surface area contributed by atoms with Crippen molar-refractivity contribution < 1.29 is 24.5 Å². The van der Waals surface area contributed by atoms with Gasteiger partial charge in [0.1, 0.15) is 17.2 Å². The van der Waals surface area contributed by atoms with E-state index in [1.807, 2.05) is 0 Å². The van der Waals surface area contributed by atoms with E-state index in [1.165, 1.54) is 6.07 Å². The van der Waals surface area contributed by atoms with Crippen LogP contribution in [0.5, 0.6) is 17.2 Å². The Bertz CT molecular complexity index is 879. The van der Waals surface area contributed by atoms with Crippen LogP contribution in [-0.2, 0) is 9.53 Å². The molecule has 0 amide bonds. The lowest BCUT2D eigenvalue weighted by Gasteiger charge is -2.17. The molecule has 0 aliphatic carbocycles. The Labute approximate surface area is 174 Å². The summed E-state index contributed by atoms with van der Waals surface area (Å²) in [4.78, 5) is 12.6. The summed E-state index contributed by atoms with van der Waals surface area (Å²) in [5, 5.41) is 23.7. The number of phenolic OH excluding ortho intramolecular Hbond substituents is 2. The van der Waals surface area contributed by atoms with E-state index in [9.17, 15) is 15.0 Å². The van der Waals surface area contributed by atoms with Crippen molar-refractivity contribution in [2.24, 2.45) is 0 Å². The van der Waals surface area contributed by atoms with E-state index in [-0.39, 0.29) is 33.7 Å². The van der Waals surface area contributed by atoms with Crippen LogP contribution in [0.15, 0.2) is 45.0 Å². The minimum atomic E-state index is -0.631. The van der Waals surface area contributed by atoms with Crippen LogP contribution in [0.4, 0.5) is 5.69 Å². The summed E-state index contributed by atoms with van der Waals surface area (Å²) in [6, 6.07) is 8.45. The zero-order valence-corrected chi connectivity index (χ0v) is 18.1. The van der Waals surface area contributed by atoms with Gasteiger partial charge in [-0.2, -0.15) is 0 Å².